The molecule has 0 aliphatic heterocycles. The van der Waals surface area contributed by atoms with Crippen LogP contribution in [0.1, 0.15) is 16.1 Å². The number of halogens is 1. The van der Waals surface area contributed by atoms with Crippen molar-refractivity contribution in [2.24, 2.45) is 0 Å². The molecule has 3 nitrogen and oxygen atoms in total. The zero-order valence-corrected chi connectivity index (χ0v) is 15.7. The van der Waals surface area contributed by atoms with Gasteiger partial charge >= 0.3 is 0 Å². The standard InChI is InChI=1S/C18H17IN2OS/c1-12-17(14-7-3-5-9-16(14)21-12)23-11-10-20-18(22)13-6-2-4-8-15(13)19/h2-9,21H,10-11H2,1H3,(H,20,22). The molecule has 3 aromatic rings. The Balaban J connectivity index is 1.58. The van der Waals surface area contributed by atoms with Crippen molar-refractivity contribution in [2.45, 2.75) is 11.8 Å². The molecule has 0 radical (unpaired) electrons. The Kier molecular flexibility index (Phi) is 5.27. The average Bonchev–Trinajstić information content (AvgIpc) is 2.87. The molecule has 1 amide bonds. The summed E-state index contributed by atoms with van der Waals surface area (Å²) in [4.78, 5) is 16.8. The minimum Gasteiger partial charge on any atom is -0.358 e. The molecule has 0 bridgehead atoms. The number of aromatic amines is 1. The maximum absolute atomic E-state index is 12.2. The second-order valence-corrected chi connectivity index (χ2v) is 7.48. The largest absolute Gasteiger partial charge is 0.358 e. The van der Waals surface area contributed by atoms with Crippen LogP contribution in [0.5, 0.6) is 0 Å². The molecule has 0 atom stereocenters. The minimum atomic E-state index is -0.00810. The van der Waals surface area contributed by atoms with Crippen LogP contribution in [-0.2, 0) is 0 Å². The van der Waals surface area contributed by atoms with Crippen molar-refractivity contribution in [3.63, 3.8) is 0 Å². The summed E-state index contributed by atoms with van der Waals surface area (Å²) in [5.41, 5.74) is 3.08. The number of nitrogens with one attached hydrogen (secondary N) is 2. The quantitative estimate of drug-likeness (QED) is 0.349. The number of aromatic nitrogens is 1. The van der Waals surface area contributed by atoms with E-state index in [1.54, 1.807) is 11.8 Å². The number of hydrogen-bond acceptors (Lipinski definition) is 2. The van der Waals surface area contributed by atoms with E-state index in [1.807, 2.05) is 30.3 Å². The third-order valence-corrected chi connectivity index (χ3v) is 5.75. The Morgan fingerprint density at radius 1 is 1.17 bits per heavy atom. The fourth-order valence-electron chi connectivity index (χ4n) is 2.50. The first kappa shape index (κ1) is 16.4. The summed E-state index contributed by atoms with van der Waals surface area (Å²) in [5.74, 6) is 0.837. The Morgan fingerprint density at radius 3 is 2.74 bits per heavy atom. The molecule has 3 rings (SSSR count). The van der Waals surface area contributed by atoms with Gasteiger partial charge < -0.3 is 10.3 Å². The van der Waals surface area contributed by atoms with Gasteiger partial charge in [0.15, 0.2) is 0 Å². The summed E-state index contributed by atoms with van der Waals surface area (Å²) < 4.78 is 0.975. The van der Waals surface area contributed by atoms with Crippen LogP contribution in [0.15, 0.2) is 53.4 Å². The second kappa shape index (κ2) is 7.40. The highest BCUT2D eigenvalue weighted by Gasteiger charge is 2.10. The predicted molar refractivity (Wildman–Crippen MR) is 105 cm³/mol. The highest BCUT2D eigenvalue weighted by Crippen LogP contribution is 2.30. The van der Waals surface area contributed by atoms with Gasteiger partial charge in [-0.2, -0.15) is 0 Å². The number of para-hydroxylation sites is 1. The van der Waals surface area contributed by atoms with Crippen LogP contribution in [0, 0.1) is 10.5 Å². The average molecular weight is 436 g/mol. The fourth-order valence-corrected chi connectivity index (χ4v) is 4.14. The third kappa shape index (κ3) is 3.72. The number of H-pyrrole nitrogens is 1. The molecule has 0 fully saturated rings. The molecule has 0 spiro atoms. The van der Waals surface area contributed by atoms with Crippen molar-refractivity contribution in [3.8, 4) is 0 Å². The lowest BCUT2D eigenvalue weighted by Crippen LogP contribution is -2.26. The Morgan fingerprint density at radius 2 is 1.91 bits per heavy atom. The maximum Gasteiger partial charge on any atom is 0.252 e. The van der Waals surface area contributed by atoms with Gasteiger partial charge in [0.2, 0.25) is 0 Å². The van der Waals surface area contributed by atoms with Gasteiger partial charge in [-0.25, -0.2) is 0 Å². The van der Waals surface area contributed by atoms with Gasteiger partial charge in [0.1, 0.15) is 0 Å². The van der Waals surface area contributed by atoms with Crippen molar-refractivity contribution in [1.29, 1.82) is 0 Å². The molecule has 0 aliphatic carbocycles. The van der Waals surface area contributed by atoms with Crippen LogP contribution in [0.3, 0.4) is 0 Å². The Bertz CT molecular complexity index is 844. The van der Waals surface area contributed by atoms with E-state index >= 15 is 0 Å². The van der Waals surface area contributed by atoms with Gasteiger partial charge in [-0.3, -0.25) is 4.79 Å². The lowest BCUT2D eigenvalue weighted by Gasteiger charge is -2.07. The number of hydrogen-bond donors (Lipinski definition) is 2. The van der Waals surface area contributed by atoms with Crippen molar-refractivity contribution in [3.05, 3.63) is 63.4 Å². The topological polar surface area (TPSA) is 44.9 Å². The van der Waals surface area contributed by atoms with E-state index in [9.17, 15) is 4.79 Å². The number of carbonyl (C=O) groups excluding carboxylic acids is 1. The predicted octanol–water partition coefficient (Wildman–Crippen LogP) is 4.60. The van der Waals surface area contributed by atoms with E-state index in [2.05, 4.69) is 58.0 Å². The number of rotatable bonds is 5. The smallest absolute Gasteiger partial charge is 0.252 e. The first-order valence-electron chi connectivity index (χ1n) is 7.39. The molecule has 2 N–H and O–H groups in total. The van der Waals surface area contributed by atoms with Crippen LogP contribution in [0.4, 0.5) is 0 Å². The highest BCUT2D eigenvalue weighted by molar-refractivity contribution is 14.1. The van der Waals surface area contributed by atoms with Crippen LogP contribution in [0.2, 0.25) is 0 Å². The monoisotopic (exact) mass is 436 g/mol. The maximum atomic E-state index is 12.2. The van der Waals surface area contributed by atoms with Crippen molar-refractivity contribution in [2.75, 3.05) is 12.3 Å². The molecule has 0 saturated heterocycles. The normalized spacial score (nSPS) is 10.9. The summed E-state index contributed by atoms with van der Waals surface area (Å²) >= 11 is 3.97. The zero-order chi connectivity index (χ0) is 16.2. The second-order valence-electron chi connectivity index (χ2n) is 5.21. The SMILES string of the molecule is Cc1[nH]c2ccccc2c1SCCNC(=O)c1ccccc1I. The van der Waals surface area contributed by atoms with Crippen molar-refractivity contribution < 1.29 is 4.79 Å². The third-order valence-electron chi connectivity index (χ3n) is 3.59. The zero-order valence-electron chi connectivity index (χ0n) is 12.7. The van der Waals surface area contributed by atoms with Crippen LogP contribution < -0.4 is 5.32 Å². The molecular weight excluding hydrogens is 419 g/mol. The lowest BCUT2D eigenvalue weighted by atomic mass is 10.2. The van der Waals surface area contributed by atoms with E-state index < -0.39 is 0 Å². The molecule has 23 heavy (non-hydrogen) atoms. The lowest BCUT2D eigenvalue weighted by molar-refractivity contribution is 0.0955. The molecular formula is C18H17IN2OS. The first-order valence-corrected chi connectivity index (χ1v) is 9.46. The van der Waals surface area contributed by atoms with Crippen molar-refractivity contribution >= 4 is 51.2 Å². The summed E-state index contributed by atoms with van der Waals surface area (Å²) in [6.07, 6.45) is 0. The molecule has 1 heterocycles. The van der Waals surface area contributed by atoms with Crippen LogP contribution in [0.25, 0.3) is 10.9 Å². The van der Waals surface area contributed by atoms with Gasteiger partial charge in [0.05, 0.1) is 5.56 Å². The molecule has 0 saturated carbocycles. The van der Waals surface area contributed by atoms with E-state index in [1.165, 1.54) is 16.0 Å². The fraction of sp³-hybridized carbons (Fsp3) is 0.167. The molecule has 1 aromatic heterocycles. The van der Waals surface area contributed by atoms with E-state index in [0.29, 0.717) is 6.54 Å². The number of aryl methyl sites for hydroxylation is 1. The molecule has 2 aromatic carbocycles. The molecule has 5 heteroatoms. The summed E-state index contributed by atoms with van der Waals surface area (Å²) in [7, 11) is 0. The van der Waals surface area contributed by atoms with Crippen LogP contribution >= 0.6 is 34.4 Å². The number of amides is 1. The molecule has 0 unspecified atom stereocenters. The number of fused-ring (bicyclic) bond motifs is 1. The van der Waals surface area contributed by atoms with Gasteiger partial charge in [0, 0.05) is 37.4 Å². The minimum absolute atomic E-state index is 0.00810. The number of carbonyl (C=O) groups is 1. The van der Waals surface area contributed by atoms with Crippen molar-refractivity contribution in [1.82, 2.24) is 10.3 Å². The van der Waals surface area contributed by atoms with E-state index in [-0.39, 0.29) is 5.91 Å². The van der Waals surface area contributed by atoms with Gasteiger partial charge in [0.25, 0.3) is 5.91 Å². The summed E-state index contributed by atoms with van der Waals surface area (Å²) in [6.45, 7) is 2.74. The van der Waals surface area contributed by atoms with Gasteiger partial charge in [-0.15, -0.1) is 11.8 Å². The molecule has 0 aliphatic rings. The van der Waals surface area contributed by atoms with Crippen LogP contribution in [-0.4, -0.2) is 23.2 Å². The van der Waals surface area contributed by atoms with Gasteiger partial charge in [-0.1, -0.05) is 30.3 Å². The highest BCUT2D eigenvalue weighted by atomic mass is 127. The van der Waals surface area contributed by atoms with E-state index in [0.717, 1.165) is 20.4 Å². The van der Waals surface area contributed by atoms with Gasteiger partial charge in [-0.05, 0) is 47.7 Å². The number of thioether (sulfide) groups is 1. The summed E-state index contributed by atoms with van der Waals surface area (Å²) in [5, 5.41) is 4.24. The van der Waals surface area contributed by atoms with E-state index in [4.69, 9.17) is 0 Å². The Labute approximate surface area is 153 Å². The number of benzene rings is 2. The summed E-state index contributed by atoms with van der Waals surface area (Å²) in [6, 6.07) is 15.9. The first-order chi connectivity index (χ1) is 11.2. The molecule has 118 valence electrons. The Hall–Kier alpha value is -1.47.